The van der Waals surface area contributed by atoms with Crippen LogP contribution in [0.2, 0.25) is 0 Å². The first-order valence-electron chi connectivity index (χ1n) is 7.04. The molecule has 1 saturated carbocycles. The molecule has 1 aliphatic carbocycles. The van der Waals surface area contributed by atoms with E-state index in [9.17, 15) is 0 Å². The molecule has 1 N–H and O–H groups in total. The van der Waals surface area contributed by atoms with E-state index in [1.54, 1.807) is 0 Å². The van der Waals surface area contributed by atoms with Gasteiger partial charge in [-0.1, -0.05) is 20.3 Å². The molecule has 0 aromatic carbocycles. The molecule has 3 nitrogen and oxygen atoms in total. The predicted octanol–water partition coefficient (Wildman–Crippen LogP) is 2.82. The van der Waals surface area contributed by atoms with Gasteiger partial charge in [-0.05, 0) is 30.4 Å². The number of pyridine rings is 1. The zero-order valence-corrected chi connectivity index (χ0v) is 11.8. The van der Waals surface area contributed by atoms with Gasteiger partial charge in [-0.2, -0.15) is 0 Å². The van der Waals surface area contributed by atoms with Gasteiger partial charge in [-0.3, -0.25) is 4.98 Å². The van der Waals surface area contributed by atoms with Gasteiger partial charge < -0.3 is 10.2 Å². The van der Waals surface area contributed by atoms with Crippen LogP contribution in [0.4, 0.5) is 5.69 Å². The topological polar surface area (TPSA) is 28.2 Å². The molecule has 0 amide bonds. The Balaban J connectivity index is 2.00. The highest BCUT2D eigenvalue weighted by molar-refractivity contribution is 5.51. The van der Waals surface area contributed by atoms with Crippen LogP contribution in [-0.2, 0) is 6.54 Å². The minimum absolute atomic E-state index is 0.517. The first-order chi connectivity index (χ1) is 8.66. The van der Waals surface area contributed by atoms with Crippen molar-refractivity contribution in [3.63, 3.8) is 0 Å². The van der Waals surface area contributed by atoms with E-state index in [4.69, 9.17) is 0 Å². The second-order valence-electron chi connectivity index (χ2n) is 5.72. The van der Waals surface area contributed by atoms with E-state index in [0.717, 1.165) is 12.5 Å². The zero-order chi connectivity index (χ0) is 13.0. The molecule has 1 aromatic heterocycles. The summed E-state index contributed by atoms with van der Waals surface area (Å²) in [7, 11) is 2.19. The Morgan fingerprint density at radius 2 is 2.22 bits per heavy atom. The number of rotatable bonds is 6. The zero-order valence-electron chi connectivity index (χ0n) is 11.8. The van der Waals surface area contributed by atoms with E-state index in [1.165, 1.54) is 37.1 Å². The summed E-state index contributed by atoms with van der Waals surface area (Å²) in [6.07, 6.45) is 8.08. The Hall–Kier alpha value is -1.09. The lowest BCUT2D eigenvalue weighted by atomic mass is 9.85. The van der Waals surface area contributed by atoms with Gasteiger partial charge in [0.05, 0.1) is 11.9 Å². The van der Waals surface area contributed by atoms with E-state index in [-0.39, 0.29) is 0 Å². The Labute approximate surface area is 111 Å². The van der Waals surface area contributed by atoms with Crippen molar-refractivity contribution < 1.29 is 0 Å². The van der Waals surface area contributed by atoms with Crippen molar-refractivity contribution in [2.24, 2.45) is 5.92 Å². The van der Waals surface area contributed by atoms with Crippen LogP contribution >= 0.6 is 0 Å². The molecule has 0 spiro atoms. The molecule has 0 saturated heterocycles. The van der Waals surface area contributed by atoms with Crippen LogP contribution in [0.1, 0.15) is 38.7 Å². The molecule has 1 aliphatic rings. The largest absolute Gasteiger partial charge is 0.373 e. The Morgan fingerprint density at radius 1 is 1.44 bits per heavy atom. The van der Waals surface area contributed by atoms with E-state index >= 15 is 0 Å². The van der Waals surface area contributed by atoms with Crippen molar-refractivity contribution >= 4 is 5.69 Å². The van der Waals surface area contributed by atoms with Gasteiger partial charge in [-0.15, -0.1) is 0 Å². The van der Waals surface area contributed by atoms with Crippen molar-refractivity contribution in [3.05, 3.63) is 24.0 Å². The summed E-state index contributed by atoms with van der Waals surface area (Å²) in [4.78, 5) is 6.64. The predicted molar refractivity (Wildman–Crippen MR) is 76.8 cm³/mol. The second kappa shape index (κ2) is 6.19. The van der Waals surface area contributed by atoms with Gasteiger partial charge >= 0.3 is 0 Å². The molecular weight excluding hydrogens is 222 g/mol. The first kappa shape index (κ1) is 13.3. The molecule has 100 valence electrons. The lowest BCUT2D eigenvalue weighted by Gasteiger charge is -2.32. The number of nitrogens with one attached hydrogen (secondary N) is 1. The van der Waals surface area contributed by atoms with Crippen LogP contribution in [0.25, 0.3) is 0 Å². The van der Waals surface area contributed by atoms with Crippen molar-refractivity contribution in [2.45, 2.75) is 45.7 Å². The average Bonchev–Trinajstić information content (AvgIpc) is 2.31. The normalized spacial score (nSPS) is 15.8. The highest BCUT2D eigenvalue weighted by atomic mass is 15.1. The van der Waals surface area contributed by atoms with Gasteiger partial charge in [0.25, 0.3) is 0 Å². The summed E-state index contributed by atoms with van der Waals surface area (Å²) in [5.74, 6) is 0.890. The van der Waals surface area contributed by atoms with E-state index in [2.05, 4.69) is 42.2 Å². The maximum atomic E-state index is 4.28. The summed E-state index contributed by atoms with van der Waals surface area (Å²) < 4.78 is 0. The molecule has 0 atom stereocenters. The molecular formula is C15H25N3. The van der Waals surface area contributed by atoms with Gasteiger partial charge in [0.1, 0.15) is 0 Å². The standard InChI is InChI=1S/C15H25N3/c1-12(2)17-9-14-7-8-16-10-15(14)18(3)11-13-5-4-6-13/h7-8,10,12-13,17H,4-6,9,11H2,1-3H3. The summed E-state index contributed by atoms with van der Waals surface area (Å²) in [5, 5.41) is 3.48. The Bertz CT molecular complexity index is 372. The summed E-state index contributed by atoms with van der Waals surface area (Å²) in [6.45, 7) is 6.45. The van der Waals surface area contributed by atoms with Crippen LogP contribution in [0, 0.1) is 5.92 Å². The van der Waals surface area contributed by atoms with Crippen molar-refractivity contribution in [2.75, 3.05) is 18.5 Å². The van der Waals surface area contributed by atoms with E-state index in [1.807, 2.05) is 12.4 Å². The number of aromatic nitrogens is 1. The molecule has 0 radical (unpaired) electrons. The third-order valence-electron chi connectivity index (χ3n) is 3.76. The maximum absolute atomic E-state index is 4.28. The fourth-order valence-electron chi connectivity index (χ4n) is 2.38. The van der Waals surface area contributed by atoms with E-state index < -0.39 is 0 Å². The van der Waals surface area contributed by atoms with Gasteiger partial charge in [0.2, 0.25) is 0 Å². The van der Waals surface area contributed by atoms with Gasteiger partial charge in [-0.25, -0.2) is 0 Å². The molecule has 18 heavy (non-hydrogen) atoms. The monoisotopic (exact) mass is 247 g/mol. The highest BCUT2D eigenvalue weighted by Gasteiger charge is 2.20. The molecule has 1 fully saturated rings. The molecule has 3 heteroatoms. The molecule has 2 rings (SSSR count). The third kappa shape index (κ3) is 3.45. The molecule has 0 bridgehead atoms. The van der Waals surface area contributed by atoms with Crippen LogP contribution < -0.4 is 10.2 Å². The summed E-state index contributed by atoms with van der Waals surface area (Å²) in [6, 6.07) is 2.64. The summed E-state index contributed by atoms with van der Waals surface area (Å²) >= 11 is 0. The maximum Gasteiger partial charge on any atom is 0.0595 e. The minimum atomic E-state index is 0.517. The number of nitrogens with zero attached hydrogens (tertiary/aromatic N) is 2. The van der Waals surface area contributed by atoms with Gasteiger partial charge in [0.15, 0.2) is 0 Å². The fourth-order valence-corrected chi connectivity index (χ4v) is 2.38. The smallest absolute Gasteiger partial charge is 0.0595 e. The second-order valence-corrected chi connectivity index (χ2v) is 5.72. The lowest BCUT2D eigenvalue weighted by molar-refractivity contribution is 0.321. The lowest BCUT2D eigenvalue weighted by Crippen LogP contribution is -2.31. The van der Waals surface area contributed by atoms with Gasteiger partial charge in [0, 0.05) is 32.4 Å². The number of hydrogen-bond donors (Lipinski definition) is 1. The van der Waals surface area contributed by atoms with Crippen LogP contribution in [0.15, 0.2) is 18.5 Å². The van der Waals surface area contributed by atoms with E-state index in [0.29, 0.717) is 6.04 Å². The molecule has 1 heterocycles. The highest BCUT2D eigenvalue weighted by Crippen LogP contribution is 2.29. The van der Waals surface area contributed by atoms with Crippen molar-refractivity contribution in [1.29, 1.82) is 0 Å². The average molecular weight is 247 g/mol. The summed E-state index contributed by atoms with van der Waals surface area (Å²) in [5.41, 5.74) is 2.62. The van der Waals surface area contributed by atoms with Crippen LogP contribution in [0.3, 0.4) is 0 Å². The number of anilines is 1. The molecule has 0 unspecified atom stereocenters. The molecule has 1 aromatic rings. The quantitative estimate of drug-likeness (QED) is 0.838. The fraction of sp³-hybridized carbons (Fsp3) is 0.667. The Morgan fingerprint density at radius 3 is 2.83 bits per heavy atom. The Kier molecular flexibility index (Phi) is 4.59. The number of hydrogen-bond acceptors (Lipinski definition) is 3. The van der Waals surface area contributed by atoms with Crippen molar-refractivity contribution in [3.8, 4) is 0 Å². The van der Waals surface area contributed by atoms with Crippen molar-refractivity contribution in [1.82, 2.24) is 10.3 Å². The van der Waals surface area contributed by atoms with Crippen LogP contribution in [0.5, 0.6) is 0 Å². The minimum Gasteiger partial charge on any atom is -0.373 e. The van der Waals surface area contributed by atoms with Crippen LogP contribution in [-0.4, -0.2) is 24.6 Å². The third-order valence-corrected chi connectivity index (χ3v) is 3.76. The SMILES string of the molecule is CC(C)NCc1ccncc1N(C)CC1CCC1. The molecule has 0 aliphatic heterocycles. The first-order valence-corrected chi connectivity index (χ1v) is 7.04.